The van der Waals surface area contributed by atoms with Crippen LogP contribution in [-0.4, -0.2) is 17.3 Å². The van der Waals surface area contributed by atoms with Crippen LogP contribution in [0.1, 0.15) is 113 Å². The van der Waals surface area contributed by atoms with Crippen molar-refractivity contribution in [1.29, 1.82) is 0 Å². The van der Waals surface area contributed by atoms with Crippen LogP contribution in [0.25, 0.3) is 0 Å². The van der Waals surface area contributed by atoms with Crippen molar-refractivity contribution in [3.05, 3.63) is 23.8 Å². The summed E-state index contributed by atoms with van der Waals surface area (Å²) in [5.74, 6) is 3.37. The summed E-state index contributed by atoms with van der Waals surface area (Å²) in [7, 11) is 0. The van der Waals surface area contributed by atoms with E-state index in [1.807, 2.05) is 23.0 Å². The Morgan fingerprint density at radius 1 is 1.21 bits per heavy atom. The number of halogens is 1. The summed E-state index contributed by atoms with van der Waals surface area (Å²) in [6.07, 6.45) is 22.6. The van der Waals surface area contributed by atoms with Crippen LogP contribution in [0.5, 0.6) is 0 Å². The van der Waals surface area contributed by atoms with Crippen molar-refractivity contribution in [2.45, 2.75) is 125 Å². The zero-order valence-corrected chi connectivity index (χ0v) is 24.9. The summed E-state index contributed by atoms with van der Waals surface area (Å²) in [4.78, 5) is 0. The van der Waals surface area contributed by atoms with E-state index in [0.717, 1.165) is 42.1 Å². The summed E-state index contributed by atoms with van der Waals surface area (Å²) in [6, 6.07) is 0. The third-order valence-electron chi connectivity index (χ3n) is 8.41. The number of hydrogen-bond donors (Lipinski definition) is 1. The predicted octanol–water partition coefficient (Wildman–Crippen LogP) is 9.32. The van der Waals surface area contributed by atoms with Crippen molar-refractivity contribution in [2.75, 3.05) is 0 Å². The van der Waals surface area contributed by atoms with Crippen LogP contribution in [0.4, 0.5) is 0 Å². The second-order valence-electron chi connectivity index (χ2n) is 10.9. The Morgan fingerprint density at radius 3 is 2.33 bits per heavy atom. The molecule has 0 heterocycles. The summed E-state index contributed by atoms with van der Waals surface area (Å²) in [6.45, 7) is 20.7. The molecule has 0 aromatic rings. The molecule has 2 saturated carbocycles. The van der Waals surface area contributed by atoms with E-state index in [-0.39, 0.29) is 12.2 Å². The van der Waals surface area contributed by atoms with Gasteiger partial charge in [0.2, 0.25) is 0 Å². The Hall–Kier alpha value is -0.310. The first kappa shape index (κ1) is 32.7. The lowest BCUT2D eigenvalue weighted by Crippen LogP contribution is -2.40. The lowest BCUT2D eigenvalue weighted by atomic mass is 9.56. The Morgan fingerprint density at radius 2 is 1.85 bits per heavy atom. The van der Waals surface area contributed by atoms with Crippen molar-refractivity contribution in [2.24, 2.45) is 29.1 Å². The molecule has 6 unspecified atom stereocenters. The van der Waals surface area contributed by atoms with E-state index >= 15 is 0 Å². The smallest absolute Gasteiger partial charge is 0.110 e. The van der Waals surface area contributed by atoms with E-state index in [0.29, 0.717) is 11.8 Å². The molecule has 0 saturated heterocycles. The van der Waals surface area contributed by atoms with Crippen LogP contribution >= 0.6 is 23.0 Å². The molecular formula is C30H53IO2. The highest BCUT2D eigenvalue weighted by atomic mass is 127. The Bertz CT molecular complexity index is 593. The predicted molar refractivity (Wildman–Crippen MR) is 154 cm³/mol. The van der Waals surface area contributed by atoms with Gasteiger partial charge in [0, 0.05) is 6.42 Å². The molecule has 2 rings (SSSR count). The van der Waals surface area contributed by atoms with E-state index in [9.17, 15) is 5.11 Å². The van der Waals surface area contributed by atoms with E-state index in [1.54, 1.807) is 5.57 Å². The fourth-order valence-corrected chi connectivity index (χ4v) is 6.40. The maximum Gasteiger partial charge on any atom is 0.110 e. The van der Waals surface area contributed by atoms with E-state index in [4.69, 9.17) is 3.07 Å². The molecule has 192 valence electrons. The molecule has 0 radical (unpaired) electrons. The number of rotatable bonds is 8. The summed E-state index contributed by atoms with van der Waals surface area (Å²) < 4.78 is 5.08. The minimum absolute atomic E-state index is 0.223. The molecule has 2 aliphatic carbocycles. The molecular weight excluding hydrogens is 519 g/mol. The van der Waals surface area contributed by atoms with Crippen LogP contribution in [0.15, 0.2) is 23.8 Å². The minimum atomic E-state index is -0.339. The van der Waals surface area contributed by atoms with Gasteiger partial charge in [0.15, 0.2) is 0 Å². The molecule has 0 bridgehead atoms. The molecule has 3 heteroatoms. The number of aliphatic hydroxyl groups excluding tert-OH is 1. The third kappa shape index (κ3) is 10.5. The average Bonchev–Trinajstić information content (AvgIpc) is 2.81. The van der Waals surface area contributed by atoms with Crippen molar-refractivity contribution >= 4 is 23.0 Å². The zero-order valence-electron chi connectivity index (χ0n) is 22.7. The van der Waals surface area contributed by atoms with Crippen LogP contribution in [0.2, 0.25) is 0 Å². The molecule has 0 aromatic carbocycles. The van der Waals surface area contributed by atoms with Gasteiger partial charge in [0.25, 0.3) is 0 Å². The van der Waals surface area contributed by atoms with Gasteiger partial charge in [-0.25, -0.2) is 0 Å². The van der Waals surface area contributed by atoms with Gasteiger partial charge in [0.1, 0.15) is 23.0 Å². The van der Waals surface area contributed by atoms with Gasteiger partial charge in [-0.1, -0.05) is 79.0 Å². The Kier molecular flexibility index (Phi) is 17.0. The number of allylic oxidation sites excluding steroid dienone is 2. The van der Waals surface area contributed by atoms with Gasteiger partial charge in [-0.3, -0.25) is 0 Å². The highest BCUT2D eigenvalue weighted by molar-refractivity contribution is 14.1. The van der Waals surface area contributed by atoms with Gasteiger partial charge in [-0.05, 0) is 80.1 Å². The quantitative estimate of drug-likeness (QED) is 0.178. The van der Waals surface area contributed by atoms with Crippen molar-refractivity contribution in [3.63, 3.8) is 0 Å². The maximum atomic E-state index is 9.30. The normalized spacial score (nSPS) is 30.6. The van der Waals surface area contributed by atoms with Crippen molar-refractivity contribution in [3.8, 4) is 12.8 Å². The third-order valence-corrected chi connectivity index (χ3v) is 9.13. The molecule has 33 heavy (non-hydrogen) atoms. The highest BCUT2D eigenvalue weighted by Crippen LogP contribution is 2.52. The Balaban J connectivity index is 0.000000709. The summed E-state index contributed by atoms with van der Waals surface area (Å²) in [5, 5.41) is 9.30. The molecule has 0 aliphatic heterocycles. The SMILES string of the molecule is C#C.C/C=C1\CCCC(C)(C(C)C(C)CCCC(C)C)C1CC.C=C1CCC(OI)CC1O. The molecule has 2 fully saturated rings. The molecule has 0 amide bonds. The first-order chi connectivity index (χ1) is 15.6. The second-order valence-corrected chi connectivity index (χ2v) is 11.4. The maximum absolute atomic E-state index is 9.30. The fraction of sp³-hybridized carbons (Fsp3) is 0.800. The second kappa shape index (κ2) is 17.2. The van der Waals surface area contributed by atoms with Crippen molar-refractivity contribution < 1.29 is 8.17 Å². The Labute approximate surface area is 221 Å². The molecule has 0 aromatic heterocycles. The largest absolute Gasteiger partial charge is 0.389 e. The highest BCUT2D eigenvalue weighted by Gasteiger charge is 2.43. The number of hydrogen-bond acceptors (Lipinski definition) is 2. The zero-order chi connectivity index (χ0) is 25.6. The average molecular weight is 573 g/mol. The summed E-state index contributed by atoms with van der Waals surface area (Å²) in [5.41, 5.74) is 3.21. The van der Waals surface area contributed by atoms with E-state index < -0.39 is 0 Å². The molecule has 6 atom stereocenters. The number of terminal acetylenes is 1. The lowest BCUT2D eigenvalue weighted by Gasteiger charge is -2.49. The lowest BCUT2D eigenvalue weighted by molar-refractivity contribution is 0.0477. The first-order valence-electron chi connectivity index (χ1n) is 13.2. The van der Waals surface area contributed by atoms with Gasteiger partial charge in [0.05, 0.1) is 12.2 Å². The van der Waals surface area contributed by atoms with E-state index in [1.165, 1.54) is 44.9 Å². The van der Waals surface area contributed by atoms with Gasteiger partial charge >= 0.3 is 0 Å². The van der Waals surface area contributed by atoms with Gasteiger partial charge < -0.3 is 8.17 Å². The van der Waals surface area contributed by atoms with Crippen LogP contribution in [0, 0.1) is 41.9 Å². The number of aliphatic hydroxyl groups is 1. The van der Waals surface area contributed by atoms with Crippen LogP contribution in [0.3, 0.4) is 0 Å². The van der Waals surface area contributed by atoms with E-state index in [2.05, 4.69) is 74.0 Å². The first-order valence-corrected chi connectivity index (χ1v) is 14.1. The molecule has 2 aliphatic rings. The fourth-order valence-electron chi connectivity index (χ4n) is 5.94. The molecule has 1 N–H and O–H groups in total. The standard InChI is InChI=1S/C21H40.C7H11IO2.C2H2/c1-8-19-14-11-15-21(7,20(19)9-2)18(6)17(5)13-10-12-16(3)4;1-5-2-3-6(10-8)4-7(5)9;1-2/h8,16-18,20H,9-15H2,1-7H3;6-7,9H,1-4H2;1-2H/b19-8+;;. The topological polar surface area (TPSA) is 29.5 Å². The molecule has 2 nitrogen and oxygen atoms in total. The van der Waals surface area contributed by atoms with Gasteiger partial charge in [-0.2, -0.15) is 0 Å². The molecule has 0 spiro atoms. The van der Waals surface area contributed by atoms with Crippen LogP contribution < -0.4 is 0 Å². The monoisotopic (exact) mass is 572 g/mol. The van der Waals surface area contributed by atoms with Crippen molar-refractivity contribution in [1.82, 2.24) is 0 Å². The van der Waals surface area contributed by atoms with Crippen LogP contribution in [-0.2, 0) is 3.07 Å². The summed E-state index contributed by atoms with van der Waals surface area (Å²) >= 11 is 1.88. The minimum Gasteiger partial charge on any atom is -0.389 e. The van der Waals surface area contributed by atoms with Gasteiger partial charge in [-0.15, -0.1) is 12.8 Å².